The molecule has 6 nitrogen and oxygen atoms in total. The number of morpholine rings is 1. The van der Waals surface area contributed by atoms with E-state index >= 15 is 0 Å². The van der Waals surface area contributed by atoms with Crippen molar-refractivity contribution in [2.75, 3.05) is 19.7 Å². The van der Waals surface area contributed by atoms with Crippen molar-refractivity contribution in [1.82, 2.24) is 4.90 Å². The molecule has 1 aliphatic rings. The number of carboxylic acid groups (broad SMARTS) is 1. The minimum absolute atomic E-state index is 0.0901. The summed E-state index contributed by atoms with van der Waals surface area (Å²) in [4.78, 5) is 24.6. The third-order valence-corrected chi connectivity index (χ3v) is 3.10. The zero-order valence-electron chi connectivity index (χ0n) is 11.0. The van der Waals surface area contributed by atoms with Crippen LogP contribution in [0, 0.1) is 13.8 Å². The lowest BCUT2D eigenvalue weighted by Gasteiger charge is -2.32. The van der Waals surface area contributed by atoms with E-state index in [1.54, 1.807) is 24.8 Å². The second-order valence-electron chi connectivity index (χ2n) is 4.67. The lowest BCUT2D eigenvalue weighted by Crippen LogP contribution is -2.46. The van der Waals surface area contributed by atoms with Gasteiger partial charge in [0.15, 0.2) is 0 Å². The quantitative estimate of drug-likeness (QED) is 0.890. The van der Waals surface area contributed by atoms with Crippen LogP contribution in [0.2, 0.25) is 0 Å². The topological polar surface area (TPSA) is 80.0 Å². The van der Waals surface area contributed by atoms with Gasteiger partial charge in [0.05, 0.1) is 24.7 Å². The van der Waals surface area contributed by atoms with E-state index in [0.29, 0.717) is 36.8 Å². The average molecular weight is 267 g/mol. The van der Waals surface area contributed by atoms with Crippen LogP contribution in [0.5, 0.6) is 0 Å². The summed E-state index contributed by atoms with van der Waals surface area (Å²) in [6.45, 7) is 4.67. The van der Waals surface area contributed by atoms with Crippen LogP contribution in [0.4, 0.5) is 0 Å². The second kappa shape index (κ2) is 5.44. The van der Waals surface area contributed by atoms with Gasteiger partial charge in [-0.25, -0.2) is 0 Å². The summed E-state index contributed by atoms with van der Waals surface area (Å²) in [6.07, 6.45) is -0.531. The Balaban J connectivity index is 2.07. The van der Waals surface area contributed by atoms with Crippen molar-refractivity contribution in [2.45, 2.75) is 26.4 Å². The Morgan fingerprint density at radius 1 is 1.47 bits per heavy atom. The van der Waals surface area contributed by atoms with Gasteiger partial charge in [0, 0.05) is 13.1 Å². The summed E-state index contributed by atoms with van der Waals surface area (Å²) in [6, 6.07) is 1.71. The maximum absolute atomic E-state index is 12.3. The van der Waals surface area contributed by atoms with Crippen LogP contribution in [0.15, 0.2) is 10.5 Å². The summed E-state index contributed by atoms with van der Waals surface area (Å²) >= 11 is 0. The molecule has 1 saturated heterocycles. The first kappa shape index (κ1) is 13.6. The number of aliphatic carboxylic acids is 1. The van der Waals surface area contributed by atoms with Crippen LogP contribution < -0.4 is 0 Å². The first-order valence-corrected chi connectivity index (χ1v) is 6.17. The molecule has 2 heterocycles. The lowest BCUT2D eigenvalue weighted by atomic mass is 10.1. The van der Waals surface area contributed by atoms with E-state index in [9.17, 15) is 9.59 Å². The molecule has 0 saturated carbocycles. The molecule has 0 aromatic carbocycles. The molecule has 1 aromatic heterocycles. The third-order valence-electron chi connectivity index (χ3n) is 3.10. The molecule has 2 rings (SSSR count). The largest absolute Gasteiger partial charge is 0.481 e. The highest BCUT2D eigenvalue weighted by molar-refractivity contribution is 5.95. The summed E-state index contributed by atoms with van der Waals surface area (Å²) in [5.74, 6) is 0.225. The highest BCUT2D eigenvalue weighted by atomic mass is 16.5. The van der Waals surface area contributed by atoms with Gasteiger partial charge < -0.3 is 19.2 Å². The van der Waals surface area contributed by atoms with E-state index in [-0.39, 0.29) is 12.3 Å². The van der Waals surface area contributed by atoms with E-state index in [4.69, 9.17) is 14.3 Å². The molecule has 1 aromatic rings. The maximum Gasteiger partial charge on any atom is 0.306 e. The first-order chi connectivity index (χ1) is 8.97. The van der Waals surface area contributed by atoms with Crippen molar-refractivity contribution >= 4 is 11.9 Å². The summed E-state index contributed by atoms with van der Waals surface area (Å²) in [5, 5.41) is 8.76. The highest BCUT2D eigenvalue weighted by Crippen LogP contribution is 2.18. The fraction of sp³-hybridized carbons (Fsp3) is 0.538. The summed E-state index contributed by atoms with van der Waals surface area (Å²) < 4.78 is 10.7. The average Bonchev–Trinajstić information content (AvgIpc) is 2.67. The fourth-order valence-electron chi connectivity index (χ4n) is 2.24. The molecule has 1 N–H and O–H groups in total. The zero-order valence-corrected chi connectivity index (χ0v) is 11.0. The lowest BCUT2D eigenvalue weighted by molar-refractivity contribution is -0.141. The number of carbonyl (C=O) groups is 2. The molecule has 0 radical (unpaired) electrons. The second-order valence-corrected chi connectivity index (χ2v) is 4.67. The Hall–Kier alpha value is -1.82. The zero-order chi connectivity index (χ0) is 14.0. The molecule has 0 unspecified atom stereocenters. The number of aryl methyl sites for hydroxylation is 2. The van der Waals surface area contributed by atoms with Crippen LogP contribution in [-0.2, 0) is 9.53 Å². The number of rotatable bonds is 3. The SMILES string of the molecule is Cc1cc(C(=O)N2CCO[C@@H](CC(=O)O)C2)c(C)o1. The van der Waals surface area contributed by atoms with E-state index < -0.39 is 12.1 Å². The Bertz CT molecular complexity index is 493. The maximum atomic E-state index is 12.3. The van der Waals surface area contributed by atoms with E-state index in [1.807, 2.05) is 0 Å². The number of hydrogen-bond acceptors (Lipinski definition) is 4. The Labute approximate surface area is 110 Å². The number of hydrogen-bond donors (Lipinski definition) is 1. The first-order valence-electron chi connectivity index (χ1n) is 6.17. The van der Waals surface area contributed by atoms with Crippen molar-refractivity contribution < 1.29 is 23.8 Å². The molecular weight excluding hydrogens is 250 g/mol. The molecule has 19 heavy (non-hydrogen) atoms. The molecule has 0 aliphatic carbocycles. The minimum atomic E-state index is -0.922. The number of nitrogens with zero attached hydrogens (tertiary/aromatic N) is 1. The number of amides is 1. The van der Waals surface area contributed by atoms with E-state index in [1.165, 1.54) is 0 Å². The van der Waals surface area contributed by atoms with Gasteiger partial charge in [-0.1, -0.05) is 0 Å². The third kappa shape index (κ3) is 3.14. The van der Waals surface area contributed by atoms with Crippen LogP contribution in [0.3, 0.4) is 0 Å². The number of carboxylic acids is 1. The molecule has 0 spiro atoms. The fourth-order valence-corrected chi connectivity index (χ4v) is 2.24. The van der Waals surface area contributed by atoms with Crippen molar-refractivity contribution in [3.8, 4) is 0 Å². The Morgan fingerprint density at radius 3 is 2.79 bits per heavy atom. The van der Waals surface area contributed by atoms with Gasteiger partial charge in [0.25, 0.3) is 5.91 Å². The van der Waals surface area contributed by atoms with Gasteiger partial charge >= 0.3 is 5.97 Å². The highest BCUT2D eigenvalue weighted by Gasteiger charge is 2.28. The molecule has 1 aliphatic heterocycles. The van der Waals surface area contributed by atoms with E-state index in [2.05, 4.69) is 0 Å². The summed E-state index contributed by atoms with van der Waals surface area (Å²) in [5.41, 5.74) is 0.536. The molecule has 0 bridgehead atoms. The predicted octanol–water partition coefficient (Wildman–Crippen LogP) is 1.21. The molecule has 1 atom stereocenters. The monoisotopic (exact) mass is 267 g/mol. The van der Waals surface area contributed by atoms with E-state index in [0.717, 1.165) is 0 Å². The van der Waals surface area contributed by atoms with Crippen LogP contribution in [-0.4, -0.2) is 47.7 Å². The van der Waals surface area contributed by atoms with Crippen molar-refractivity contribution in [1.29, 1.82) is 0 Å². The van der Waals surface area contributed by atoms with Crippen molar-refractivity contribution in [2.24, 2.45) is 0 Å². The molecule has 1 amide bonds. The summed E-state index contributed by atoms with van der Waals surface area (Å²) in [7, 11) is 0. The van der Waals surface area contributed by atoms with Gasteiger partial charge in [-0.2, -0.15) is 0 Å². The molecule has 1 fully saturated rings. The van der Waals surface area contributed by atoms with Crippen LogP contribution >= 0.6 is 0 Å². The number of carbonyl (C=O) groups excluding carboxylic acids is 1. The van der Waals surface area contributed by atoms with Crippen LogP contribution in [0.25, 0.3) is 0 Å². The van der Waals surface area contributed by atoms with Gasteiger partial charge in [-0.15, -0.1) is 0 Å². The smallest absolute Gasteiger partial charge is 0.306 e. The van der Waals surface area contributed by atoms with Gasteiger partial charge in [0.1, 0.15) is 11.5 Å². The van der Waals surface area contributed by atoms with Gasteiger partial charge in [-0.3, -0.25) is 9.59 Å². The number of ether oxygens (including phenoxy) is 1. The van der Waals surface area contributed by atoms with Gasteiger partial charge in [-0.05, 0) is 19.9 Å². The predicted molar refractivity (Wildman–Crippen MR) is 66.1 cm³/mol. The Morgan fingerprint density at radius 2 is 2.21 bits per heavy atom. The van der Waals surface area contributed by atoms with Crippen molar-refractivity contribution in [3.63, 3.8) is 0 Å². The number of furan rings is 1. The Kier molecular flexibility index (Phi) is 3.90. The van der Waals surface area contributed by atoms with Crippen molar-refractivity contribution in [3.05, 3.63) is 23.2 Å². The molecule has 104 valence electrons. The van der Waals surface area contributed by atoms with Gasteiger partial charge in [0.2, 0.25) is 0 Å². The van der Waals surface area contributed by atoms with Crippen LogP contribution in [0.1, 0.15) is 28.3 Å². The minimum Gasteiger partial charge on any atom is -0.481 e. The molecule has 6 heteroatoms. The molecular formula is C13H17NO5. The normalized spacial score (nSPS) is 19.5. The standard InChI is InChI=1S/C13H17NO5/c1-8-5-11(9(2)19-8)13(17)14-3-4-18-10(7-14)6-12(15)16/h5,10H,3-4,6-7H2,1-2H3,(H,15,16)/t10-/m0/s1.